The zero-order chi connectivity index (χ0) is 8.55. The highest BCUT2D eigenvalue weighted by molar-refractivity contribution is 8.00. The fourth-order valence-electron chi connectivity index (χ4n) is 2.12. The van der Waals surface area contributed by atoms with E-state index in [-0.39, 0.29) is 0 Å². The average Bonchev–Trinajstić information content (AvgIpc) is 2.81. The van der Waals surface area contributed by atoms with Crippen LogP contribution in [0.15, 0.2) is 0 Å². The van der Waals surface area contributed by atoms with Crippen LogP contribution in [0.1, 0.15) is 46.0 Å². The molecule has 0 saturated heterocycles. The Kier molecular flexibility index (Phi) is 2.69. The van der Waals surface area contributed by atoms with Crippen molar-refractivity contribution < 1.29 is 0 Å². The second-order valence-electron chi connectivity index (χ2n) is 4.77. The molecule has 0 spiro atoms. The molecule has 2 aliphatic carbocycles. The third-order valence-corrected chi connectivity index (χ3v) is 5.14. The number of thioether (sulfide) groups is 1. The van der Waals surface area contributed by atoms with Crippen molar-refractivity contribution in [3.63, 3.8) is 0 Å². The van der Waals surface area contributed by atoms with Crippen molar-refractivity contribution in [3.8, 4) is 0 Å². The molecule has 0 radical (unpaired) electrons. The maximum Gasteiger partial charge on any atom is 0.00780 e. The van der Waals surface area contributed by atoms with E-state index in [4.69, 9.17) is 0 Å². The molecule has 3 atom stereocenters. The van der Waals surface area contributed by atoms with Gasteiger partial charge in [-0.2, -0.15) is 11.8 Å². The first-order chi connectivity index (χ1) is 5.75. The Bertz CT molecular complexity index is 149. The summed E-state index contributed by atoms with van der Waals surface area (Å²) < 4.78 is 0. The maximum atomic E-state index is 2.45. The molecule has 2 fully saturated rings. The van der Waals surface area contributed by atoms with Gasteiger partial charge in [0.1, 0.15) is 0 Å². The fraction of sp³-hybridized carbons (Fsp3) is 1.00. The summed E-state index contributed by atoms with van der Waals surface area (Å²) in [5, 5.41) is 2.06. The van der Waals surface area contributed by atoms with E-state index in [9.17, 15) is 0 Å². The van der Waals surface area contributed by atoms with Crippen LogP contribution in [-0.2, 0) is 0 Å². The average molecular weight is 184 g/mol. The van der Waals surface area contributed by atoms with E-state index < -0.39 is 0 Å². The Labute approximate surface area is 80.5 Å². The molecule has 0 aromatic carbocycles. The smallest absolute Gasteiger partial charge is 0.00780 e. The molecule has 1 heteroatoms. The van der Waals surface area contributed by atoms with Crippen LogP contribution in [0, 0.1) is 11.8 Å². The normalized spacial score (nSPS) is 43.0. The first-order valence-corrected chi connectivity index (χ1v) is 6.35. The highest BCUT2D eigenvalue weighted by Gasteiger charge is 2.32. The first kappa shape index (κ1) is 8.93. The summed E-state index contributed by atoms with van der Waals surface area (Å²) in [5.41, 5.74) is 0. The van der Waals surface area contributed by atoms with Crippen molar-refractivity contribution in [2.75, 3.05) is 0 Å². The van der Waals surface area contributed by atoms with E-state index in [0.717, 1.165) is 22.3 Å². The highest BCUT2D eigenvalue weighted by atomic mass is 32.2. The lowest BCUT2D eigenvalue weighted by Gasteiger charge is -2.32. The summed E-state index contributed by atoms with van der Waals surface area (Å²) >= 11 is 2.30. The van der Waals surface area contributed by atoms with Crippen LogP contribution < -0.4 is 0 Å². The molecule has 0 N–H and O–H groups in total. The van der Waals surface area contributed by atoms with Crippen LogP contribution in [0.25, 0.3) is 0 Å². The fourth-order valence-corrected chi connectivity index (χ4v) is 3.87. The molecular weight excluding hydrogens is 164 g/mol. The molecule has 0 bridgehead atoms. The van der Waals surface area contributed by atoms with Crippen molar-refractivity contribution in [1.29, 1.82) is 0 Å². The van der Waals surface area contributed by atoms with Crippen LogP contribution in [0.2, 0.25) is 0 Å². The Hall–Kier alpha value is 0.350. The van der Waals surface area contributed by atoms with Gasteiger partial charge in [-0.3, -0.25) is 0 Å². The van der Waals surface area contributed by atoms with Crippen LogP contribution in [0.4, 0.5) is 0 Å². The zero-order valence-electron chi connectivity index (χ0n) is 8.25. The van der Waals surface area contributed by atoms with Crippen LogP contribution in [0.3, 0.4) is 0 Å². The van der Waals surface area contributed by atoms with E-state index in [2.05, 4.69) is 25.6 Å². The van der Waals surface area contributed by atoms with Crippen molar-refractivity contribution in [2.45, 2.75) is 56.5 Å². The molecule has 0 amide bonds. The Morgan fingerprint density at radius 2 is 1.75 bits per heavy atom. The van der Waals surface area contributed by atoms with E-state index in [1.54, 1.807) is 0 Å². The molecule has 0 heterocycles. The minimum absolute atomic E-state index is 0.992. The van der Waals surface area contributed by atoms with E-state index in [1.807, 2.05) is 0 Å². The second kappa shape index (κ2) is 3.61. The maximum absolute atomic E-state index is 2.45. The van der Waals surface area contributed by atoms with Gasteiger partial charge in [-0.25, -0.2) is 0 Å². The molecule has 0 nitrogen and oxygen atoms in total. The Morgan fingerprint density at radius 1 is 1.00 bits per heavy atom. The molecule has 12 heavy (non-hydrogen) atoms. The number of rotatable bonds is 2. The van der Waals surface area contributed by atoms with Crippen molar-refractivity contribution >= 4 is 11.8 Å². The minimum atomic E-state index is 0.992. The quantitative estimate of drug-likeness (QED) is 0.630. The SMILES string of the molecule is CC1CCC(C)C(SC2CC2)C1. The van der Waals surface area contributed by atoms with Crippen LogP contribution in [-0.4, -0.2) is 10.5 Å². The van der Waals surface area contributed by atoms with Gasteiger partial charge in [0.2, 0.25) is 0 Å². The first-order valence-electron chi connectivity index (χ1n) is 5.41. The van der Waals surface area contributed by atoms with Crippen molar-refractivity contribution in [3.05, 3.63) is 0 Å². The van der Waals surface area contributed by atoms with Gasteiger partial charge in [-0.15, -0.1) is 0 Å². The van der Waals surface area contributed by atoms with Gasteiger partial charge in [0.15, 0.2) is 0 Å². The Balaban J connectivity index is 1.82. The largest absolute Gasteiger partial charge is 0.155 e. The predicted molar refractivity (Wildman–Crippen MR) is 56.6 cm³/mol. The summed E-state index contributed by atoms with van der Waals surface area (Å²) in [6.07, 6.45) is 7.45. The molecule has 2 saturated carbocycles. The third kappa shape index (κ3) is 2.18. The van der Waals surface area contributed by atoms with E-state index >= 15 is 0 Å². The lowest BCUT2D eigenvalue weighted by Crippen LogP contribution is -2.24. The molecule has 0 aromatic rings. The standard InChI is InChI=1S/C11H20S/c1-8-3-4-9(2)11(7-8)12-10-5-6-10/h8-11H,3-7H2,1-2H3. The van der Waals surface area contributed by atoms with Crippen LogP contribution >= 0.6 is 11.8 Å². The van der Waals surface area contributed by atoms with Crippen molar-refractivity contribution in [1.82, 2.24) is 0 Å². The molecule has 0 aromatic heterocycles. The lowest BCUT2D eigenvalue weighted by molar-refractivity contribution is 0.318. The Morgan fingerprint density at radius 3 is 2.42 bits per heavy atom. The lowest BCUT2D eigenvalue weighted by atomic mass is 9.84. The van der Waals surface area contributed by atoms with E-state index in [1.165, 1.54) is 32.1 Å². The molecule has 2 aliphatic rings. The third-order valence-electron chi connectivity index (χ3n) is 3.28. The van der Waals surface area contributed by atoms with Gasteiger partial charge in [-0.1, -0.05) is 20.3 Å². The zero-order valence-corrected chi connectivity index (χ0v) is 9.07. The summed E-state index contributed by atoms with van der Waals surface area (Å²) in [5.74, 6) is 1.99. The summed E-state index contributed by atoms with van der Waals surface area (Å²) in [4.78, 5) is 0. The summed E-state index contributed by atoms with van der Waals surface area (Å²) in [6.45, 7) is 4.87. The molecule has 70 valence electrons. The van der Waals surface area contributed by atoms with Gasteiger partial charge in [0.05, 0.1) is 0 Å². The molecule has 3 unspecified atom stereocenters. The monoisotopic (exact) mass is 184 g/mol. The highest BCUT2D eigenvalue weighted by Crippen LogP contribution is 2.44. The molecular formula is C11H20S. The van der Waals surface area contributed by atoms with Crippen molar-refractivity contribution in [2.24, 2.45) is 11.8 Å². The molecule has 2 rings (SSSR count). The van der Waals surface area contributed by atoms with Gasteiger partial charge in [0.25, 0.3) is 0 Å². The van der Waals surface area contributed by atoms with Crippen LogP contribution in [0.5, 0.6) is 0 Å². The molecule has 0 aliphatic heterocycles. The van der Waals surface area contributed by atoms with Gasteiger partial charge in [0, 0.05) is 10.5 Å². The number of hydrogen-bond acceptors (Lipinski definition) is 1. The summed E-state index contributed by atoms with van der Waals surface area (Å²) in [6, 6.07) is 0. The summed E-state index contributed by atoms with van der Waals surface area (Å²) in [7, 11) is 0. The van der Waals surface area contributed by atoms with Gasteiger partial charge in [-0.05, 0) is 37.5 Å². The predicted octanol–water partition coefficient (Wildman–Crippen LogP) is 3.71. The number of hydrogen-bond donors (Lipinski definition) is 0. The minimum Gasteiger partial charge on any atom is -0.155 e. The topological polar surface area (TPSA) is 0 Å². The van der Waals surface area contributed by atoms with Gasteiger partial charge < -0.3 is 0 Å². The second-order valence-corrected chi connectivity index (χ2v) is 6.31. The van der Waals surface area contributed by atoms with E-state index in [0.29, 0.717) is 0 Å². The van der Waals surface area contributed by atoms with Gasteiger partial charge >= 0.3 is 0 Å².